The summed E-state index contributed by atoms with van der Waals surface area (Å²) in [6.45, 7) is 3.31. The normalized spacial score (nSPS) is 35.9. The summed E-state index contributed by atoms with van der Waals surface area (Å²) in [5.41, 5.74) is 2.26. The van der Waals surface area contributed by atoms with Crippen LogP contribution in [0.2, 0.25) is 0 Å². The van der Waals surface area contributed by atoms with Gasteiger partial charge < -0.3 is 9.47 Å². The SMILES string of the molecule is CC1(C)CCCCC[C@](OCc2ccccc2)(C(F)(F)F)C2NNC(O2)C2NC(N1)C(C(F)F)CC2[N+](=O)[O-]. The van der Waals surface area contributed by atoms with Crippen molar-refractivity contribution in [1.29, 1.82) is 0 Å². The van der Waals surface area contributed by atoms with E-state index >= 15 is 0 Å². The smallest absolute Gasteiger partial charge is 0.357 e. The summed E-state index contributed by atoms with van der Waals surface area (Å²) < 4.78 is 84.1. The van der Waals surface area contributed by atoms with Crippen LogP contribution in [-0.4, -0.2) is 59.4 Å². The lowest BCUT2D eigenvalue weighted by Gasteiger charge is -2.44. The van der Waals surface area contributed by atoms with E-state index < -0.39 is 78.1 Å². The van der Waals surface area contributed by atoms with E-state index in [0.717, 1.165) is 0 Å². The van der Waals surface area contributed by atoms with Crippen LogP contribution in [-0.2, 0) is 16.1 Å². The first-order chi connectivity index (χ1) is 18.3. The van der Waals surface area contributed by atoms with Crippen molar-refractivity contribution in [1.82, 2.24) is 21.5 Å². The van der Waals surface area contributed by atoms with Gasteiger partial charge in [-0.1, -0.05) is 49.6 Å². The molecule has 0 aliphatic carbocycles. The third-order valence-corrected chi connectivity index (χ3v) is 7.93. The third-order valence-electron chi connectivity index (χ3n) is 7.93. The van der Waals surface area contributed by atoms with Crippen molar-refractivity contribution in [2.75, 3.05) is 0 Å². The Balaban J connectivity index is 1.68. The molecule has 4 N–H and O–H groups in total. The summed E-state index contributed by atoms with van der Waals surface area (Å²) in [6, 6.07) is 5.70. The van der Waals surface area contributed by atoms with Crippen LogP contribution in [0.4, 0.5) is 22.0 Å². The molecule has 0 amide bonds. The van der Waals surface area contributed by atoms with E-state index in [0.29, 0.717) is 24.8 Å². The highest BCUT2D eigenvalue weighted by molar-refractivity contribution is 5.14. The average molecular weight is 566 g/mol. The Bertz CT molecular complexity index is 972. The Hall–Kier alpha value is -1.97. The highest BCUT2D eigenvalue weighted by Gasteiger charge is 2.64. The molecule has 220 valence electrons. The number of hydrazine groups is 1. The molecule has 0 radical (unpaired) electrons. The average Bonchev–Trinajstić information content (AvgIpc) is 3.34. The standard InChI is InChI=1S/C25H36F5N5O4/c1-23(2)11-7-4-8-12-24(25(28,29)30,38-14-15-9-5-3-6-10-15)22-34-33-21(39-22)18-17(35(36)37)13-16(19(26)27)20(31-18)32-23/h3,5-6,9-10,16-22,31-34H,4,7-8,11-14H2,1-2H3/t16?,17?,18?,20?,21?,22?,24-/m1/s1. The maximum atomic E-state index is 14.9. The molecule has 0 saturated carbocycles. The summed E-state index contributed by atoms with van der Waals surface area (Å²) in [5, 5.41) is 18.0. The Kier molecular flexibility index (Phi) is 9.13. The van der Waals surface area contributed by atoms with Crippen molar-refractivity contribution >= 4 is 0 Å². The topological polar surface area (TPSA) is 110 Å². The maximum Gasteiger partial charge on any atom is 0.421 e. The lowest BCUT2D eigenvalue weighted by molar-refractivity contribution is -0.535. The highest BCUT2D eigenvalue weighted by atomic mass is 19.4. The molecule has 4 bridgehead atoms. The van der Waals surface area contributed by atoms with Gasteiger partial charge in [-0.05, 0) is 32.3 Å². The second kappa shape index (κ2) is 11.9. The second-order valence-corrected chi connectivity index (χ2v) is 11.2. The van der Waals surface area contributed by atoms with Gasteiger partial charge in [0.2, 0.25) is 18.1 Å². The van der Waals surface area contributed by atoms with Crippen LogP contribution < -0.4 is 21.5 Å². The number of piperidine rings is 1. The van der Waals surface area contributed by atoms with E-state index in [1.54, 1.807) is 30.3 Å². The number of nitro groups is 1. The summed E-state index contributed by atoms with van der Waals surface area (Å²) in [5.74, 6) is -1.38. The van der Waals surface area contributed by atoms with E-state index in [2.05, 4.69) is 21.5 Å². The Morgan fingerprint density at radius 2 is 1.82 bits per heavy atom. The fourth-order valence-electron chi connectivity index (χ4n) is 5.74. The third kappa shape index (κ3) is 6.68. The van der Waals surface area contributed by atoms with Gasteiger partial charge in [0, 0.05) is 16.9 Å². The predicted molar refractivity (Wildman–Crippen MR) is 131 cm³/mol. The zero-order valence-corrected chi connectivity index (χ0v) is 21.8. The molecule has 0 spiro atoms. The Morgan fingerprint density at radius 3 is 2.46 bits per heavy atom. The molecular formula is C25H36F5N5O4. The van der Waals surface area contributed by atoms with E-state index in [-0.39, 0.29) is 13.0 Å². The summed E-state index contributed by atoms with van der Waals surface area (Å²) in [4.78, 5) is 11.3. The molecule has 14 heteroatoms. The fraction of sp³-hybridized carbons (Fsp3) is 0.760. The van der Waals surface area contributed by atoms with Crippen LogP contribution in [0.1, 0.15) is 57.9 Å². The van der Waals surface area contributed by atoms with Crippen molar-refractivity contribution < 1.29 is 36.3 Å². The zero-order valence-electron chi connectivity index (χ0n) is 21.8. The highest BCUT2D eigenvalue weighted by Crippen LogP contribution is 2.43. The molecule has 3 aliphatic heterocycles. The molecule has 9 nitrogen and oxygen atoms in total. The van der Waals surface area contributed by atoms with Crippen molar-refractivity contribution in [3.8, 4) is 0 Å². The lowest BCUT2D eigenvalue weighted by Crippen LogP contribution is -2.70. The number of hydrogen-bond acceptors (Lipinski definition) is 8. The minimum atomic E-state index is -4.86. The van der Waals surface area contributed by atoms with Crippen LogP contribution in [0.15, 0.2) is 30.3 Å². The van der Waals surface area contributed by atoms with E-state index in [9.17, 15) is 32.1 Å². The molecule has 0 aromatic heterocycles. The monoisotopic (exact) mass is 565 g/mol. The van der Waals surface area contributed by atoms with Gasteiger partial charge in [0.1, 0.15) is 12.3 Å². The van der Waals surface area contributed by atoms with E-state index in [1.807, 2.05) is 13.8 Å². The van der Waals surface area contributed by atoms with Crippen LogP contribution >= 0.6 is 0 Å². The largest absolute Gasteiger partial charge is 0.421 e. The van der Waals surface area contributed by atoms with Gasteiger partial charge >= 0.3 is 6.18 Å². The van der Waals surface area contributed by atoms with Crippen molar-refractivity contribution in [3.63, 3.8) is 0 Å². The van der Waals surface area contributed by atoms with Crippen molar-refractivity contribution in [3.05, 3.63) is 46.0 Å². The zero-order chi connectivity index (χ0) is 28.4. The number of alkyl halides is 5. The summed E-state index contributed by atoms with van der Waals surface area (Å²) in [6.07, 6.45) is -11.0. The Labute approximate surface area is 223 Å². The molecule has 3 aliphatic rings. The minimum Gasteiger partial charge on any atom is -0.357 e. The number of fused-ring (bicyclic) bond motifs is 5. The number of hydrogen-bond donors (Lipinski definition) is 4. The van der Waals surface area contributed by atoms with Gasteiger partial charge in [0.15, 0.2) is 6.23 Å². The fourth-order valence-corrected chi connectivity index (χ4v) is 5.74. The molecule has 4 rings (SSSR count). The van der Waals surface area contributed by atoms with Gasteiger partial charge in [0.05, 0.1) is 18.7 Å². The molecular weight excluding hydrogens is 529 g/mol. The molecule has 39 heavy (non-hydrogen) atoms. The molecule has 1 aromatic carbocycles. The van der Waals surface area contributed by atoms with Crippen LogP contribution in [0.5, 0.6) is 0 Å². The number of benzene rings is 1. The van der Waals surface area contributed by atoms with Crippen LogP contribution in [0.3, 0.4) is 0 Å². The first-order valence-corrected chi connectivity index (χ1v) is 13.2. The first kappa shape index (κ1) is 30.0. The van der Waals surface area contributed by atoms with Crippen LogP contribution in [0.25, 0.3) is 0 Å². The van der Waals surface area contributed by atoms with Gasteiger partial charge in [-0.3, -0.25) is 20.7 Å². The molecule has 7 atom stereocenters. The van der Waals surface area contributed by atoms with E-state index in [4.69, 9.17) is 9.47 Å². The molecule has 6 unspecified atom stereocenters. The number of halogens is 5. The quantitative estimate of drug-likeness (QED) is 0.242. The lowest BCUT2D eigenvalue weighted by atomic mass is 9.85. The molecule has 3 saturated heterocycles. The van der Waals surface area contributed by atoms with Crippen LogP contribution in [0, 0.1) is 16.0 Å². The van der Waals surface area contributed by atoms with Crippen molar-refractivity contribution in [2.24, 2.45) is 5.92 Å². The summed E-state index contributed by atoms with van der Waals surface area (Å²) >= 11 is 0. The van der Waals surface area contributed by atoms with Gasteiger partial charge in [-0.15, -0.1) is 0 Å². The molecule has 1 aromatic rings. The first-order valence-electron chi connectivity index (χ1n) is 13.2. The predicted octanol–water partition coefficient (Wildman–Crippen LogP) is 3.83. The van der Waals surface area contributed by atoms with E-state index in [1.165, 1.54) is 0 Å². The number of nitrogens with zero attached hydrogens (tertiary/aromatic N) is 1. The number of nitrogens with one attached hydrogen (secondary N) is 4. The van der Waals surface area contributed by atoms with Crippen molar-refractivity contribution in [2.45, 2.75) is 113 Å². The van der Waals surface area contributed by atoms with Gasteiger partial charge in [-0.2, -0.15) is 13.2 Å². The van der Waals surface area contributed by atoms with Gasteiger partial charge in [0.25, 0.3) is 0 Å². The minimum absolute atomic E-state index is 0.166. The number of ether oxygens (including phenoxy) is 2. The summed E-state index contributed by atoms with van der Waals surface area (Å²) in [7, 11) is 0. The molecule has 3 fully saturated rings. The molecule has 3 heterocycles. The van der Waals surface area contributed by atoms with Gasteiger partial charge in [-0.25, -0.2) is 19.6 Å². The second-order valence-electron chi connectivity index (χ2n) is 11.2. The Morgan fingerprint density at radius 1 is 1.13 bits per heavy atom. The number of rotatable bonds is 5. The maximum absolute atomic E-state index is 14.9.